The summed E-state index contributed by atoms with van der Waals surface area (Å²) in [5.74, 6) is -0.560. The Morgan fingerprint density at radius 2 is 2.24 bits per heavy atom. The molecular formula is C14H17ClN2O4. The first-order valence-electron chi connectivity index (χ1n) is 6.71. The third-order valence-corrected chi connectivity index (χ3v) is 3.64. The van der Waals surface area contributed by atoms with Gasteiger partial charge in [-0.05, 0) is 37.0 Å². The number of carboxylic acids is 1. The molecule has 21 heavy (non-hydrogen) atoms. The fourth-order valence-corrected chi connectivity index (χ4v) is 2.34. The third-order valence-electron chi connectivity index (χ3n) is 3.33. The van der Waals surface area contributed by atoms with Crippen molar-refractivity contribution in [2.45, 2.75) is 12.8 Å². The van der Waals surface area contributed by atoms with Gasteiger partial charge in [0.25, 0.3) is 0 Å². The molecule has 0 saturated carbocycles. The van der Waals surface area contributed by atoms with Crippen LogP contribution < -0.4 is 10.6 Å². The summed E-state index contributed by atoms with van der Waals surface area (Å²) < 4.78 is 5.26. The highest BCUT2D eigenvalue weighted by Crippen LogP contribution is 2.23. The van der Waals surface area contributed by atoms with Gasteiger partial charge in [-0.2, -0.15) is 0 Å². The van der Waals surface area contributed by atoms with Crippen molar-refractivity contribution in [3.63, 3.8) is 0 Å². The van der Waals surface area contributed by atoms with Gasteiger partial charge in [-0.25, -0.2) is 9.59 Å². The molecule has 7 heteroatoms. The first kappa shape index (κ1) is 15.6. The van der Waals surface area contributed by atoms with Crippen molar-refractivity contribution < 1.29 is 19.4 Å². The van der Waals surface area contributed by atoms with Crippen LogP contribution in [0.5, 0.6) is 0 Å². The molecule has 1 heterocycles. The second-order valence-corrected chi connectivity index (χ2v) is 5.31. The van der Waals surface area contributed by atoms with Gasteiger partial charge in [0.15, 0.2) is 0 Å². The van der Waals surface area contributed by atoms with Crippen molar-refractivity contribution in [3.8, 4) is 0 Å². The Morgan fingerprint density at radius 3 is 2.86 bits per heavy atom. The molecule has 1 aromatic rings. The van der Waals surface area contributed by atoms with E-state index in [1.165, 1.54) is 18.2 Å². The number of rotatable bonds is 5. The highest BCUT2D eigenvalue weighted by atomic mass is 35.5. The number of hydrogen-bond acceptors (Lipinski definition) is 3. The van der Waals surface area contributed by atoms with E-state index >= 15 is 0 Å². The van der Waals surface area contributed by atoms with Crippen LogP contribution in [-0.2, 0) is 4.74 Å². The summed E-state index contributed by atoms with van der Waals surface area (Å²) in [4.78, 5) is 22.5. The molecule has 2 rings (SSSR count). The number of hydrogen-bond donors (Lipinski definition) is 3. The lowest BCUT2D eigenvalue weighted by molar-refractivity contribution is 0.0697. The van der Waals surface area contributed by atoms with E-state index in [-0.39, 0.29) is 16.6 Å². The molecule has 1 atom stereocenters. The average Bonchev–Trinajstić information content (AvgIpc) is 2.94. The van der Waals surface area contributed by atoms with E-state index in [1.54, 1.807) is 0 Å². The number of urea groups is 1. The van der Waals surface area contributed by atoms with Gasteiger partial charge in [0.2, 0.25) is 0 Å². The van der Waals surface area contributed by atoms with E-state index in [9.17, 15) is 9.59 Å². The first-order valence-corrected chi connectivity index (χ1v) is 7.09. The van der Waals surface area contributed by atoms with Gasteiger partial charge in [0.1, 0.15) is 0 Å². The molecule has 3 N–H and O–H groups in total. The number of carbonyl (C=O) groups is 2. The van der Waals surface area contributed by atoms with Crippen LogP contribution in [0.4, 0.5) is 10.5 Å². The van der Waals surface area contributed by atoms with Crippen LogP contribution in [0.25, 0.3) is 0 Å². The molecule has 1 saturated heterocycles. The van der Waals surface area contributed by atoms with Crippen molar-refractivity contribution in [1.29, 1.82) is 0 Å². The summed E-state index contributed by atoms with van der Waals surface area (Å²) in [5.41, 5.74) is 0.454. The highest BCUT2D eigenvalue weighted by molar-refractivity contribution is 6.34. The summed E-state index contributed by atoms with van der Waals surface area (Å²) in [6.45, 7) is 2.11. The van der Waals surface area contributed by atoms with Crippen LogP contribution in [0.15, 0.2) is 18.2 Å². The van der Waals surface area contributed by atoms with E-state index in [1.807, 2.05) is 0 Å². The summed E-state index contributed by atoms with van der Waals surface area (Å²) in [6.07, 6.45) is 1.91. The number of aromatic carboxylic acids is 1. The zero-order chi connectivity index (χ0) is 15.2. The predicted molar refractivity (Wildman–Crippen MR) is 79.0 cm³/mol. The Labute approximate surface area is 127 Å². The van der Waals surface area contributed by atoms with Crippen LogP contribution in [-0.4, -0.2) is 36.9 Å². The minimum Gasteiger partial charge on any atom is -0.478 e. The Kier molecular flexibility index (Phi) is 5.41. The van der Waals surface area contributed by atoms with Gasteiger partial charge in [-0.3, -0.25) is 0 Å². The number of benzene rings is 1. The van der Waals surface area contributed by atoms with Gasteiger partial charge in [0, 0.05) is 19.8 Å². The monoisotopic (exact) mass is 312 g/mol. The Bertz CT molecular complexity index is 530. The van der Waals surface area contributed by atoms with Gasteiger partial charge < -0.3 is 20.5 Å². The van der Waals surface area contributed by atoms with Gasteiger partial charge in [0.05, 0.1) is 16.3 Å². The van der Waals surface area contributed by atoms with Gasteiger partial charge in [-0.15, -0.1) is 0 Å². The number of carbonyl (C=O) groups excluding carboxylic acids is 1. The fraction of sp³-hybridized carbons (Fsp3) is 0.429. The zero-order valence-electron chi connectivity index (χ0n) is 11.4. The molecule has 1 unspecified atom stereocenters. The summed E-state index contributed by atoms with van der Waals surface area (Å²) in [5, 5.41) is 14.4. The molecule has 6 nitrogen and oxygen atoms in total. The largest absolute Gasteiger partial charge is 0.478 e. The Hall–Kier alpha value is -1.79. The van der Waals surface area contributed by atoms with Crippen molar-refractivity contribution >= 4 is 29.3 Å². The Balaban J connectivity index is 1.80. The second-order valence-electron chi connectivity index (χ2n) is 4.90. The SMILES string of the molecule is O=C(NCCC1CCOC1)Nc1ccc(C(=O)O)cc1Cl. The number of anilines is 1. The summed E-state index contributed by atoms with van der Waals surface area (Å²) in [7, 11) is 0. The maximum Gasteiger partial charge on any atom is 0.335 e. The van der Waals surface area contributed by atoms with Crippen LogP contribution in [0, 0.1) is 5.92 Å². The maximum atomic E-state index is 11.7. The standard InChI is InChI=1S/C14H17ClN2O4/c15-11-7-10(13(18)19)1-2-12(11)17-14(20)16-5-3-9-4-6-21-8-9/h1-2,7,9H,3-6,8H2,(H,18,19)(H2,16,17,20). The van der Waals surface area contributed by atoms with Crippen LogP contribution in [0.3, 0.4) is 0 Å². The second kappa shape index (κ2) is 7.28. The van der Waals surface area contributed by atoms with Crippen molar-refractivity contribution in [2.75, 3.05) is 25.1 Å². The molecule has 2 amide bonds. The molecule has 0 aromatic heterocycles. The minimum atomic E-state index is -1.06. The number of halogens is 1. The van der Waals surface area contributed by atoms with E-state index in [0.717, 1.165) is 26.1 Å². The third kappa shape index (κ3) is 4.61. The molecule has 1 fully saturated rings. The number of ether oxygens (including phenoxy) is 1. The number of nitrogens with one attached hydrogen (secondary N) is 2. The fourth-order valence-electron chi connectivity index (χ4n) is 2.12. The highest BCUT2D eigenvalue weighted by Gasteiger charge is 2.15. The van der Waals surface area contributed by atoms with E-state index in [4.69, 9.17) is 21.4 Å². The molecule has 0 spiro atoms. The lowest BCUT2D eigenvalue weighted by Crippen LogP contribution is -2.30. The quantitative estimate of drug-likeness (QED) is 0.780. The molecule has 0 aliphatic carbocycles. The van der Waals surface area contributed by atoms with E-state index < -0.39 is 5.97 Å². The smallest absolute Gasteiger partial charge is 0.335 e. The average molecular weight is 313 g/mol. The van der Waals surface area contributed by atoms with E-state index in [2.05, 4.69) is 10.6 Å². The van der Waals surface area contributed by atoms with Crippen LogP contribution in [0.2, 0.25) is 5.02 Å². The van der Waals surface area contributed by atoms with Crippen molar-refractivity contribution in [3.05, 3.63) is 28.8 Å². The van der Waals surface area contributed by atoms with Crippen molar-refractivity contribution in [1.82, 2.24) is 5.32 Å². The van der Waals surface area contributed by atoms with Gasteiger partial charge in [-0.1, -0.05) is 11.6 Å². The Morgan fingerprint density at radius 1 is 1.43 bits per heavy atom. The molecular weight excluding hydrogens is 296 g/mol. The molecule has 1 aliphatic rings. The molecule has 0 bridgehead atoms. The maximum absolute atomic E-state index is 11.7. The molecule has 1 aliphatic heterocycles. The van der Waals surface area contributed by atoms with Crippen molar-refractivity contribution in [2.24, 2.45) is 5.92 Å². The predicted octanol–water partition coefficient (Wildman–Crippen LogP) is 2.59. The first-order chi connectivity index (χ1) is 10.1. The minimum absolute atomic E-state index is 0.0761. The summed E-state index contributed by atoms with van der Waals surface area (Å²) >= 11 is 5.93. The lowest BCUT2D eigenvalue weighted by Gasteiger charge is -2.11. The lowest BCUT2D eigenvalue weighted by atomic mass is 10.1. The number of carboxylic acid groups (broad SMARTS) is 1. The normalized spacial score (nSPS) is 17.5. The zero-order valence-corrected chi connectivity index (χ0v) is 12.2. The molecule has 114 valence electrons. The van der Waals surface area contributed by atoms with Crippen LogP contribution >= 0.6 is 11.6 Å². The van der Waals surface area contributed by atoms with Gasteiger partial charge >= 0.3 is 12.0 Å². The number of amides is 2. The molecule has 0 radical (unpaired) electrons. The topological polar surface area (TPSA) is 87.7 Å². The molecule has 1 aromatic carbocycles. The van der Waals surface area contributed by atoms with Crippen LogP contribution in [0.1, 0.15) is 23.2 Å². The summed E-state index contributed by atoms with van der Waals surface area (Å²) in [6, 6.07) is 3.80. The van der Waals surface area contributed by atoms with E-state index in [0.29, 0.717) is 18.2 Å².